The molecule has 1 atom stereocenters. The minimum Gasteiger partial charge on any atom is -0.451 e. The number of hydrogen-bond donors (Lipinski definition) is 0. The molecule has 2 aliphatic carbocycles. The van der Waals surface area contributed by atoms with Gasteiger partial charge in [-0.1, -0.05) is 0 Å². The first-order valence-electron chi connectivity index (χ1n) is 8.73. The predicted octanol–water partition coefficient (Wildman–Crippen LogP) is 1.57. The van der Waals surface area contributed by atoms with Gasteiger partial charge in [0.25, 0.3) is 5.91 Å². The lowest BCUT2D eigenvalue weighted by molar-refractivity contribution is -0.137. The van der Waals surface area contributed by atoms with Gasteiger partial charge in [0.2, 0.25) is 0 Å². The third-order valence-corrected chi connectivity index (χ3v) is 8.07. The molecule has 1 saturated heterocycles. The molecule has 1 aromatic heterocycles. The zero-order valence-electron chi connectivity index (χ0n) is 13.9. The van der Waals surface area contributed by atoms with Gasteiger partial charge in [-0.15, -0.1) is 11.3 Å². The van der Waals surface area contributed by atoms with Crippen molar-refractivity contribution in [2.45, 2.75) is 50.6 Å². The molecule has 0 spiro atoms. The summed E-state index contributed by atoms with van der Waals surface area (Å²) in [5, 5.41) is 0. The molecule has 136 valence electrons. The Balaban J connectivity index is 1.37. The fourth-order valence-corrected chi connectivity index (χ4v) is 6.61. The highest BCUT2D eigenvalue weighted by atomic mass is 32.2. The fourth-order valence-electron chi connectivity index (χ4n) is 3.76. The van der Waals surface area contributed by atoms with E-state index in [9.17, 15) is 18.0 Å². The van der Waals surface area contributed by atoms with Crippen LogP contribution in [0, 0.1) is 0 Å². The Kier molecular flexibility index (Phi) is 4.35. The van der Waals surface area contributed by atoms with Gasteiger partial charge in [0.05, 0.1) is 11.5 Å². The summed E-state index contributed by atoms with van der Waals surface area (Å²) in [5.41, 5.74) is 1.22. The quantitative estimate of drug-likeness (QED) is 0.721. The van der Waals surface area contributed by atoms with Crippen LogP contribution in [-0.2, 0) is 32.2 Å². The number of thiophene rings is 1. The zero-order chi connectivity index (χ0) is 17.6. The van der Waals surface area contributed by atoms with Crippen molar-refractivity contribution < 1.29 is 22.7 Å². The van der Waals surface area contributed by atoms with Crippen LogP contribution in [0.1, 0.15) is 45.8 Å². The fraction of sp³-hybridized carbons (Fsp3) is 0.647. The van der Waals surface area contributed by atoms with E-state index in [1.54, 1.807) is 4.90 Å². The highest BCUT2D eigenvalue weighted by molar-refractivity contribution is 7.91. The number of hydrogen-bond acceptors (Lipinski definition) is 6. The van der Waals surface area contributed by atoms with Crippen LogP contribution in [0.2, 0.25) is 0 Å². The van der Waals surface area contributed by atoms with Gasteiger partial charge in [-0.3, -0.25) is 4.79 Å². The molecule has 0 N–H and O–H groups in total. The second-order valence-electron chi connectivity index (χ2n) is 7.08. The summed E-state index contributed by atoms with van der Waals surface area (Å²) >= 11 is 1.46. The van der Waals surface area contributed by atoms with E-state index in [-0.39, 0.29) is 36.1 Å². The molecule has 3 aliphatic rings. The molecule has 1 amide bonds. The lowest BCUT2D eigenvalue weighted by Gasteiger charge is -2.28. The number of amides is 1. The van der Waals surface area contributed by atoms with E-state index in [4.69, 9.17) is 4.74 Å². The van der Waals surface area contributed by atoms with Crippen molar-refractivity contribution in [2.75, 3.05) is 18.1 Å². The topological polar surface area (TPSA) is 80.8 Å². The smallest absolute Gasteiger partial charge is 0.348 e. The minimum absolute atomic E-state index is 0.0286. The van der Waals surface area contributed by atoms with Gasteiger partial charge in [-0.05, 0) is 50.2 Å². The summed E-state index contributed by atoms with van der Waals surface area (Å²) in [5.74, 6) is -0.570. The Bertz CT molecular complexity index is 788. The number of rotatable bonds is 5. The number of sulfone groups is 1. The molecule has 1 saturated carbocycles. The first kappa shape index (κ1) is 17.0. The van der Waals surface area contributed by atoms with Crippen molar-refractivity contribution in [3.63, 3.8) is 0 Å². The molecule has 0 radical (unpaired) electrons. The van der Waals surface area contributed by atoms with Crippen LogP contribution >= 0.6 is 11.3 Å². The van der Waals surface area contributed by atoms with E-state index >= 15 is 0 Å². The molecule has 2 heterocycles. The third-order valence-electron chi connectivity index (χ3n) is 5.10. The van der Waals surface area contributed by atoms with Gasteiger partial charge in [-0.2, -0.15) is 0 Å². The average Bonchev–Trinajstić information content (AvgIpc) is 2.98. The number of nitrogens with zero attached hydrogens (tertiary/aromatic N) is 1. The van der Waals surface area contributed by atoms with Crippen molar-refractivity contribution in [3.05, 3.63) is 21.4 Å². The largest absolute Gasteiger partial charge is 0.451 e. The minimum atomic E-state index is -3.05. The van der Waals surface area contributed by atoms with Crippen LogP contribution in [-0.4, -0.2) is 55.4 Å². The van der Waals surface area contributed by atoms with Gasteiger partial charge in [0.15, 0.2) is 16.4 Å². The number of ether oxygens (including phenoxy) is 1. The lowest BCUT2D eigenvalue weighted by atomic mass is 10.2. The molecule has 6 nitrogen and oxygen atoms in total. The molecular weight excluding hydrogens is 362 g/mol. The molecular formula is C17H21NO5S2. The Labute approximate surface area is 151 Å². The normalized spacial score (nSPS) is 24.1. The molecule has 1 aromatic rings. The standard InChI is InChI=1S/C17H21NO5S2/c19-16(18(12-4-5-12)13-6-7-25(21,22)10-13)9-23-17(20)15-8-11-2-1-3-14(11)24-15/h8,12-13H,1-7,9-10H2/t13-/m1/s1. The monoisotopic (exact) mass is 383 g/mol. The van der Waals surface area contributed by atoms with Crippen molar-refractivity contribution in [2.24, 2.45) is 0 Å². The van der Waals surface area contributed by atoms with Crippen molar-refractivity contribution in [3.8, 4) is 0 Å². The summed E-state index contributed by atoms with van der Waals surface area (Å²) in [7, 11) is -3.05. The second-order valence-corrected chi connectivity index (χ2v) is 10.4. The Morgan fingerprint density at radius 2 is 2.00 bits per heavy atom. The van der Waals surface area contributed by atoms with Crippen LogP contribution < -0.4 is 0 Å². The average molecular weight is 383 g/mol. The summed E-state index contributed by atoms with van der Waals surface area (Å²) in [6.45, 7) is -0.311. The highest BCUT2D eigenvalue weighted by Crippen LogP contribution is 2.33. The van der Waals surface area contributed by atoms with Gasteiger partial charge in [0, 0.05) is 17.0 Å². The first-order chi connectivity index (χ1) is 11.9. The molecule has 4 rings (SSSR count). The van der Waals surface area contributed by atoms with E-state index in [2.05, 4.69) is 0 Å². The molecule has 1 aliphatic heterocycles. The predicted molar refractivity (Wildman–Crippen MR) is 93.6 cm³/mol. The van der Waals surface area contributed by atoms with Crippen LogP contribution in [0.4, 0.5) is 0 Å². The van der Waals surface area contributed by atoms with Gasteiger partial charge in [0.1, 0.15) is 4.88 Å². The number of carbonyl (C=O) groups is 2. The molecule has 0 unspecified atom stereocenters. The van der Waals surface area contributed by atoms with Crippen LogP contribution in [0.15, 0.2) is 6.07 Å². The molecule has 0 aromatic carbocycles. The van der Waals surface area contributed by atoms with Crippen LogP contribution in [0.3, 0.4) is 0 Å². The highest BCUT2D eigenvalue weighted by Gasteiger charge is 2.42. The SMILES string of the molecule is O=C(OCC(=O)N(C1CC1)[C@@H]1CCS(=O)(=O)C1)c1cc2c(s1)CCC2. The number of esters is 1. The van der Waals surface area contributed by atoms with Crippen molar-refractivity contribution in [1.29, 1.82) is 0 Å². The maximum atomic E-state index is 12.6. The van der Waals surface area contributed by atoms with E-state index in [0.717, 1.165) is 32.1 Å². The summed E-state index contributed by atoms with van der Waals surface area (Å²) in [6.07, 6.45) is 5.43. The number of aryl methyl sites for hydroxylation is 2. The van der Waals surface area contributed by atoms with Crippen molar-refractivity contribution >= 4 is 33.1 Å². The van der Waals surface area contributed by atoms with Crippen LogP contribution in [0.5, 0.6) is 0 Å². The van der Waals surface area contributed by atoms with Gasteiger partial charge in [-0.25, -0.2) is 13.2 Å². The molecule has 25 heavy (non-hydrogen) atoms. The summed E-state index contributed by atoms with van der Waals surface area (Å²) in [4.78, 5) is 28.2. The molecule has 0 bridgehead atoms. The van der Waals surface area contributed by atoms with E-state index in [1.807, 2.05) is 6.07 Å². The number of fused-ring (bicyclic) bond motifs is 1. The third kappa shape index (κ3) is 3.60. The van der Waals surface area contributed by atoms with Crippen molar-refractivity contribution in [1.82, 2.24) is 4.90 Å². The second kappa shape index (κ2) is 6.39. The summed E-state index contributed by atoms with van der Waals surface area (Å²) < 4.78 is 28.6. The van der Waals surface area contributed by atoms with Crippen LogP contribution in [0.25, 0.3) is 0 Å². The van der Waals surface area contributed by atoms with E-state index < -0.39 is 15.8 Å². The maximum absolute atomic E-state index is 12.6. The molecule has 2 fully saturated rings. The van der Waals surface area contributed by atoms with Gasteiger partial charge >= 0.3 is 5.97 Å². The first-order valence-corrected chi connectivity index (χ1v) is 11.4. The number of carbonyl (C=O) groups excluding carboxylic acids is 2. The zero-order valence-corrected chi connectivity index (χ0v) is 15.5. The Hall–Kier alpha value is -1.41. The maximum Gasteiger partial charge on any atom is 0.348 e. The summed E-state index contributed by atoms with van der Waals surface area (Å²) in [6, 6.07) is 1.71. The van der Waals surface area contributed by atoms with Gasteiger partial charge < -0.3 is 9.64 Å². The van der Waals surface area contributed by atoms with E-state index in [1.165, 1.54) is 21.8 Å². The lowest BCUT2D eigenvalue weighted by Crippen LogP contribution is -2.44. The Morgan fingerprint density at radius 1 is 1.20 bits per heavy atom. The van der Waals surface area contributed by atoms with E-state index in [0.29, 0.717) is 11.3 Å². The Morgan fingerprint density at radius 3 is 2.64 bits per heavy atom. The molecule has 8 heteroatoms.